The summed E-state index contributed by atoms with van der Waals surface area (Å²) in [7, 11) is 1.69. The first kappa shape index (κ1) is 23.0. The lowest BCUT2D eigenvalue weighted by Gasteiger charge is -2.28. The first-order valence-electron chi connectivity index (χ1n) is 9.78. The van der Waals surface area contributed by atoms with Gasteiger partial charge in [0.1, 0.15) is 5.57 Å². The molecule has 0 aliphatic carbocycles. The average Bonchev–Trinajstić information content (AvgIpc) is 3.17. The molecular weight excluding hydrogens is 480 g/mol. The number of nitrogens with zero attached hydrogens (tertiary/aromatic N) is 3. The number of rotatable bonds is 5. The van der Waals surface area contributed by atoms with Crippen LogP contribution in [-0.4, -0.2) is 32.2 Å². The molecule has 1 saturated heterocycles. The Balaban J connectivity index is 1.72. The van der Waals surface area contributed by atoms with Gasteiger partial charge in [0.15, 0.2) is 10.9 Å². The molecule has 34 heavy (non-hydrogen) atoms. The molecule has 1 N–H and O–H groups in total. The first-order chi connectivity index (χ1) is 16.2. The lowest BCUT2D eigenvalue weighted by molar-refractivity contribution is -0.384. The molecule has 2 amide bonds. The van der Waals surface area contributed by atoms with Crippen molar-refractivity contribution in [3.63, 3.8) is 0 Å². The molecule has 1 aromatic heterocycles. The van der Waals surface area contributed by atoms with E-state index in [1.807, 2.05) is 0 Å². The molecule has 0 saturated carbocycles. The number of non-ortho nitro benzene ring substituents is 1. The second kappa shape index (κ2) is 9.00. The van der Waals surface area contributed by atoms with Crippen molar-refractivity contribution in [3.8, 4) is 0 Å². The minimum atomic E-state index is -0.696. The molecule has 4 rings (SSSR count). The number of halogens is 1. The van der Waals surface area contributed by atoms with Crippen LogP contribution in [0.2, 0.25) is 5.02 Å². The molecular formula is C23H15ClN4O5S. The fraction of sp³-hybridized carbons (Fsp3) is 0.0435. The molecule has 0 atom stereocenters. The molecule has 1 aliphatic heterocycles. The zero-order chi connectivity index (χ0) is 24.6. The van der Waals surface area contributed by atoms with E-state index in [4.69, 9.17) is 23.8 Å². The van der Waals surface area contributed by atoms with Crippen molar-refractivity contribution in [2.75, 3.05) is 4.90 Å². The largest absolute Gasteiger partial charge is 0.356 e. The molecule has 0 spiro atoms. The van der Waals surface area contributed by atoms with Crippen LogP contribution in [0.1, 0.15) is 21.5 Å². The molecule has 1 aliphatic rings. The zero-order valence-corrected chi connectivity index (χ0v) is 19.1. The summed E-state index contributed by atoms with van der Waals surface area (Å²) >= 11 is 11.1. The van der Waals surface area contributed by atoms with E-state index in [1.165, 1.54) is 35.2 Å². The fourth-order valence-electron chi connectivity index (χ4n) is 3.44. The van der Waals surface area contributed by atoms with Gasteiger partial charge in [-0.2, -0.15) is 0 Å². The predicted octanol–water partition coefficient (Wildman–Crippen LogP) is 3.65. The summed E-state index contributed by atoms with van der Waals surface area (Å²) < 4.78 is 1.61. The van der Waals surface area contributed by atoms with Crippen LogP contribution in [0.3, 0.4) is 0 Å². The lowest BCUT2D eigenvalue weighted by Crippen LogP contribution is -2.54. The Kier molecular flexibility index (Phi) is 6.10. The monoisotopic (exact) mass is 494 g/mol. The molecule has 1 fully saturated rings. The van der Waals surface area contributed by atoms with Gasteiger partial charge in [0.05, 0.1) is 10.6 Å². The van der Waals surface area contributed by atoms with E-state index >= 15 is 0 Å². The van der Waals surface area contributed by atoms with Gasteiger partial charge < -0.3 is 4.57 Å². The Morgan fingerprint density at radius 3 is 2.35 bits per heavy atom. The van der Waals surface area contributed by atoms with Crippen LogP contribution in [0.25, 0.3) is 6.08 Å². The number of thiocarbonyl (C=S) groups is 1. The predicted molar refractivity (Wildman–Crippen MR) is 130 cm³/mol. The fourth-order valence-corrected chi connectivity index (χ4v) is 3.84. The number of amides is 2. The Morgan fingerprint density at radius 1 is 1.09 bits per heavy atom. The smallest absolute Gasteiger partial charge is 0.270 e. The summed E-state index contributed by atoms with van der Waals surface area (Å²) in [5, 5.41) is 13.8. The van der Waals surface area contributed by atoms with Crippen LogP contribution in [-0.2, 0) is 16.6 Å². The Hall–Kier alpha value is -4.15. The SMILES string of the molecule is Cn1cc(/C=C2\C(=O)NC(=S)N(c3ccc(Cl)cc3)C2=O)c(C(=O)c2ccc([N+](=O)[O-])cc2)c1. The minimum Gasteiger partial charge on any atom is -0.356 e. The quantitative estimate of drug-likeness (QED) is 0.145. The maximum absolute atomic E-state index is 13.2. The highest BCUT2D eigenvalue weighted by molar-refractivity contribution is 7.80. The standard InChI is InChI=1S/C23H15ClN4O5S/c1-26-11-14(19(12-26)20(29)13-2-6-17(7-3-13)28(32)33)10-18-21(30)25-23(34)27(22(18)31)16-8-4-15(24)5-9-16/h2-12H,1H3,(H,25,30,34)/b18-10+. The van der Waals surface area contributed by atoms with Crippen LogP contribution in [0.15, 0.2) is 66.5 Å². The normalized spacial score (nSPS) is 14.9. The number of hydrogen-bond donors (Lipinski definition) is 1. The maximum atomic E-state index is 13.2. The van der Waals surface area contributed by atoms with E-state index < -0.39 is 22.5 Å². The molecule has 9 nitrogen and oxygen atoms in total. The molecule has 11 heteroatoms. The van der Waals surface area contributed by atoms with Gasteiger partial charge in [0.25, 0.3) is 17.5 Å². The summed E-state index contributed by atoms with van der Waals surface area (Å²) in [5.74, 6) is -1.78. The van der Waals surface area contributed by atoms with Crippen molar-refractivity contribution in [3.05, 3.63) is 98.3 Å². The second-order valence-corrected chi connectivity index (χ2v) is 8.18. The molecule has 0 unspecified atom stereocenters. The zero-order valence-electron chi connectivity index (χ0n) is 17.5. The van der Waals surface area contributed by atoms with Gasteiger partial charge in [-0.05, 0) is 54.7 Å². The second-order valence-electron chi connectivity index (χ2n) is 7.36. The van der Waals surface area contributed by atoms with Crippen LogP contribution in [0.5, 0.6) is 0 Å². The van der Waals surface area contributed by atoms with E-state index in [0.29, 0.717) is 16.3 Å². The summed E-state index contributed by atoms with van der Waals surface area (Å²) in [6, 6.07) is 11.5. The number of benzene rings is 2. The van der Waals surface area contributed by atoms with Crippen LogP contribution in [0, 0.1) is 10.1 Å². The highest BCUT2D eigenvalue weighted by Crippen LogP contribution is 2.25. The number of hydrogen-bond acceptors (Lipinski definition) is 6. The number of ketones is 1. The van der Waals surface area contributed by atoms with Crippen molar-refractivity contribution in [2.45, 2.75) is 0 Å². The van der Waals surface area contributed by atoms with Gasteiger partial charge in [-0.15, -0.1) is 0 Å². The van der Waals surface area contributed by atoms with Gasteiger partial charge in [-0.25, -0.2) is 0 Å². The summed E-state index contributed by atoms with van der Waals surface area (Å²) in [6.07, 6.45) is 4.45. The van der Waals surface area contributed by atoms with Crippen molar-refractivity contribution in [1.82, 2.24) is 9.88 Å². The topological polar surface area (TPSA) is 115 Å². The van der Waals surface area contributed by atoms with Crippen molar-refractivity contribution >= 4 is 64.0 Å². The van der Waals surface area contributed by atoms with Crippen LogP contribution >= 0.6 is 23.8 Å². The highest BCUT2D eigenvalue weighted by Gasteiger charge is 2.35. The maximum Gasteiger partial charge on any atom is 0.270 e. The van der Waals surface area contributed by atoms with Gasteiger partial charge in [-0.3, -0.25) is 34.7 Å². The number of nitrogens with one attached hydrogen (secondary N) is 1. The number of carbonyl (C=O) groups is 3. The lowest BCUT2D eigenvalue weighted by atomic mass is 10.00. The van der Waals surface area contributed by atoms with E-state index in [2.05, 4.69) is 5.32 Å². The number of nitro benzene ring substituents is 1. The number of aromatic nitrogens is 1. The number of aryl methyl sites for hydroxylation is 1. The summed E-state index contributed by atoms with van der Waals surface area (Å²) in [5.41, 5.74) is 0.825. The molecule has 2 heterocycles. The minimum absolute atomic E-state index is 0.0790. The van der Waals surface area contributed by atoms with E-state index in [0.717, 1.165) is 0 Å². The summed E-state index contributed by atoms with van der Waals surface area (Å²) in [4.78, 5) is 50.4. The average molecular weight is 495 g/mol. The van der Waals surface area contributed by atoms with Gasteiger partial charge in [-0.1, -0.05) is 11.6 Å². The van der Waals surface area contributed by atoms with Crippen molar-refractivity contribution in [1.29, 1.82) is 0 Å². The molecule has 170 valence electrons. The van der Waals surface area contributed by atoms with Gasteiger partial charge in [0.2, 0.25) is 0 Å². The Morgan fingerprint density at radius 2 is 1.74 bits per heavy atom. The Labute approximate surface area is 203 Å². The van der Waals surface area contributed by atoms with E-state index in [1.54, 1.807) is 48.3 Å². The Bertz CT molecular complexity index is 1390. The third-order valence-electron chi connectivity index (χ3n) is 5.06. The van der Waals surface area contributed by atoms with Crippen LogP contribution < -0.4 is 10.2 Å². The molecule has 0 bridgehead atoms. The number of anilines is 1. The molecule has 2 aromatic carbocycles. The number of nitro groups is 1. The highest BCUT2D eigenvalue weighted by atomic mass is 35.5. The van der Waals surface area contributed by atoms with Crippen molar-refractivity contribution < 1.29 is 19.3 Å². The molecule has 3 aromatic rings. The van der Waals surface area contributed by atoms with E-state index in [-0.39, 0.29) is 27.5 Å². The third-order valence-corrected chi connectivity index (χ3v) is 5.59. The number of carbonyl (C=O) groups excluding carboxylic acids is 3. The van der Waals surface area contributed by atoms with Crippen LogP contribution in [0.4, 0.5) is 11.4 Å². The third kappa shape index (κ3) is 4.36. The van der Waals surface area contributed by atoms with Crippen molar-refractivity contribution in [2.24, 2.45) is 7.05 Å². The van der Waals surface area contributed by atoms with Gasteiger partial charge >= 0.3 is 0 Å². The van der Waals surface area contributed by atoms with Gasteiger partial charge in [0, 0.05) is 53.3 Å². The molecule has 0 radical (unpaired) electrons. The summed E-state index contributed by atoms with van der Waals surface area (Å²) in [6.45, 7) is 0. The first-order valence-corrected chi connectivity index (χ1v) is 10.6. The van der Waals surface area contributed by atoms with E-state index in [9.17, 15) is 24.5 Å².